The Labute approximate surface area is 222 Å². The summed E-state index contributed by atoms with van der Waals surface area (Å²) in [5.41, 5.74) is 10.8. The zero-order valence-corrected chi connectivity index (χ0v) is 21.6. The molecule has 9 heteroatoms. The van der Waals surface area contributed by atoms with Gasteiger partial charge in [-0.05, 0) is 53.6 Å². The Hall–Kier alpha value is -4.31. The van der Waals surface area contributed by atoms with Crippen LogP contribution in [0, 0.1) is 22.7 Å². The Balaban J connectivity index is 1.33. The second-order valence-electron chi connectivity index (χ2n) is 8.30. The van der Waals surface area contributed by atoms with Gasteiger partial charge in [0.1, 0.15) is 28.5 Å². The first-order valence-corrected chi connectivity index (χ1v) is 13.6. The van der Waals surface area contributed by atoms with Crippen LogP contribution in [0.1, 0.15) is 24.5 Å². The van der Waals surface area contributed by atoms with Gasteiger partial charge in [-0.3, -0.25) is 4.79 Å². The number of hydrogen-bond donors (Lipinski definition) is 2. The van der Waals surface area contributed by atoms with Gasteiger partial charge in [-0.1, -0.05) is 18.2 Å². The topological polar surface area (TPSA) is 121 Å². The average Bonchev–Trinajstić information content (AvgIpc) is 3.54. The lowest BCUT2D eigenvalue weighted by Gasteiger charge is -2.12. The third-order valence-electron chi connectivity index (χ3n) is 6.17. The first-order chi connectivity index (χ1) is 18.0. The first kappa shape index (κ1) is 24.4. The van der Waals surface area contributed by atoms with E-state index in [9.17, 15) is 15.3 Å². The minimum atomic E-state index is -0.135. The Bertz CT molecular complexity index is 1720. The number of carbonyl (C=O) groups is 1. The predicted molar refractivity (Wildman–Crippen MR) is 150 cm³/mol. The van der Waals surface area contributed by atoms with E-state index in [1.807, 2.05) is 47.2 Å². The highest BCUT2D eigenvalue weighted by Gasteiger charge is 2.21. The van der Waals surface area contributed by atoms with Crippen LogP contribution < -0.4 is 11.1 Å². The highest BCUT2D eigenvalue weighted by molar-refractivity contribution is 7.99. The molecule has 5 aromatic rings. The standard InChI is InChI=1S/C28H22N6OS2/c1-2-34-23-6-4-3-5-19(23)20-13-18(7-8-24(20)34)32-25(35)10-12-37-28-22(15-30)26(17-9-11-36-16-17)21(14-29)27(31)33-28/h3-9,11,13,16H,2,10,12H2,1H3,(H2,31,33)(H,32,35). The van der Waals surface area contributed by atoms with Gasteiger partial charge in [0, 0.05) is 51.8 Å². The summed E-state index contributed by atoms with van der Waals surface area (Å²) in [5, 5.41) is 28.9. The molecule has 0 aliphatic carbocycles. The molecular weight excluding hydrogens is 500 g/mol. The number of nitrogen functional groups attached to an aromatic ring is 1. The molecule has 0 fully saturated rings. The van der Waals surface area contributed by atoms with Crippen LogP contribution in [0.25, 0.3) is 32.9 Å². The second-order valence-corrected chi connectivity index (χ2v) is 10.2. The molecule has 0 radical (unpaired) electrons. The molecule has 3 N–H and O–H groups in total. The SMILES string of the molecule is CCn1c2ccccc2c2cc(NC(=O)CCSc3nc(N)c(C#N)c(-c4ccsc4)c3C#N)ccc21. The van der Waals surface area contributed by atoms with Crippen LogP contribution in [0.5, 0.6) is 0 Å². The summed E-state index contributed by atoms with van der Waals surface area (Å²) in [6.07, 6.45) is 0.222. The van der Waals surface area contributed by atoms with Crippen molar-refractivity contribution in [1.82, 2.24) is 9.55 Å². The lowest BCUT2D eigenvalue weighted by molar-refractivity contribution is -0.115. The van der Waals surface area contributed by atoms with Gasteiger partial charge in [-0.25, -0.2) is 4.98 Å². The third kappa shape index (κ3) is 4.51. The quantitative estimate of drug-likeness (QED) is 0.239. The Morgan fingerprint density at radius 1 is 1.11 bits per heavy atom. The van der Waals surface area contributed by atoms with Gasteiger partial charge < -0.3 is 15.6 Å². The van der Waals surface area contributed by atoms with Gasteiger partial charge in [-0.15, -0.1) is 11.8 Å². The number of nitriles is 2. The van der Waals surface area contributed by atoms with Crippen molar-refractivity contribution in [2.75, 3.05) is 16.8 Å². The van der Waals surface area contributed by atoms with Crippen LogP contribution in [0.2, 0.25) is 0 Å². The van der Waals surface area contributed by atoms with E-state index in [-0.39, 0.29) is 23.7 Å². The molecule has 0 aliphatic heterocycles. The van der Waals surface area contributed by atoms with Gasteiger partial charge in [0.05, 0.1) is 5.56 Å². The van der Waals surface area contributed by atoms with Gasteiger partial charge in [-0.2, -0.15) is 21.9 Å². The highest BCUT2D eigenvalue weighted by Crippen LogP contribution is 2.37. The van der Waals surface area contributed by atoms with Crippen LogP contribution >= 0.6 is 23.1 Å². The van der Waals surface area contributed by atoms with Crippen molar-refractivity contribution in [3.63, 3.8) is 0 Å². The maximum atomic E-state index is 12.8. The summed E-state index contributed by atoms with van der Waals surface area (Å²) in [6, 6.07) is 20.3. The molecule has 0 saturated carbocycles. The predicted octanol–water partition coefficient (Wildman–Crippen LogP) is 6.38. The largest absolute Gasteiger partial charge is 0.383 e. The molecule has 3 heterocycles. The molecular formula is C28H22N6OS2. The van der Waals surface area contributed by atoms with Crippen molar-refractivity contribution in [3.05, 3.63) is 70.4 Å². The Morgan fingerprint density at radius 2 is 1.89 bits per heavy atom. The van der Waals surface area contributed by atoms with Crippen LogP contribution in [0.4, 0.5) is 11.5 Å². The van der Waals surface area contributed by atoms with Gasteiger partial charge in [0.15, 0.2) is 0 Å². The van der Waals surface area contributed by atoms with Gasteiger partial charge >= 0.3 is 0 Å². The summed E-state index contributed by atoms with van der Waals surface area (Å²) >= 11 is 2.75. The number of carbonyl (C=O) groups excluding carboxylic acids is 1. The molecule has 0 unspecified atom stereocenters. The maximum Gasteiger partial charge on any atom is 0.225 e. The number of para-hydroxylation sites is 1. The third-order valence-corrected chi connectivity index (χ3v) is 7.83. The van der Waals surface area contributed by atoms with Gasteiger partial charge in [0.2, 0.25) is 5.91 Å². The van der Waals surface area contributed by atoms with Crippen molar-refractivity contribution in [2.24, 2.45) is 0 Å². The molecule has 2 aromatic carbocycles. The number of nitrogens with two attached hydrogens (primary N) is 1. The molecule has 0 atom stereocenters. The van der Waals surface area contributed by atoms with E-state index < -0.39 is 0 Å². The first-order valence-electron chi connectivity index (χ1n) is 11.7. The van der Waals surface area contributed by atoms with Crippen LogP contribution in [0.3, 0.4) is 0 Å². The van der Waals surface area contributed by atoms with Crippen LogP contribution in [-0.2, 0) is 11.3 Å². The van der Waals surface area contributed by atoms with Crippen molar-refractivity contribution >= 4 is 62.3 Å². The number of fused-ring (bicyclic) bond motifs is 3. The number of thiophene rings is 1. The molecule has 37 heavy (non-hydrogen) atoms. The van der Waals surface area contributed by atoms with Crippen molar-refractivity contribution in [1.29, 1.82) is 10.5 Å². The van der Waals surface area contributed by atoms with E-state index in [1.165, 1.54) is 28.6 Å². The molecule has 1 amide bonds. The fourth-order valence-corrected chi connectivity index (χ4v) is 6.12. The molecule has 0 saturated heterocycles. The number of aryl methyl sites for hydroxylation is 1. The Morgan fingerprint density at radius 3 is 2.62 bits per heavy atom. The van der Waals surface area contributed by atoms with Crippen molar-refractivity contribution in [3.8, 4) is 23.3 Å². The normalized spacial score (nSPS) is 10.9. The number of benzene rings is 2. The number of aromatic nitrogens is 2. The molecule has 182 valence electrons. The summed E-state index contributed by atoms with van der Waals surface area (Å²) in [4.78, 5) is 17.1. The number of rotatable bonds is 7. The fourth-order valence-electron chi connectivity index (χ4n) is 4.53. The number of nitrogens with zero attached hydrogens (tertiary/aromatic N) is 4. The number of anilines is 2. The van der Waals surface area contributed by atoms with E-state index in [0.29, 0.717) is 21.9 Å². The lowest BCUT2D eigenvalue weighted by Crippen LogP contribution is -2.12. The van der Waals surface area contributed by atoms with Gasteiger partial charge in [0.25, 0.3) is 0 Å². The maximum absolute atomic E-state index is 12.8. The fraction of sp³-hybridized carbons (Fsp3) is 0.143. The van der Waals surface area contributed by atoms with E-state index in [4.69, 9.17) is 5.73 Å². The summed E-state index contributed by atoms with van der Waals surface area (Å²) in [7, 11) is 0. The molecule has 0 bridgehead atoms. The zero-order chi connectivity index (χ0) is 25.9. The Kier molecular flexibility index (Phi) is 6.82. The molecule has 0 spiro atoms. The van der Waals surface area contributed by atoms with E-state index in [1.54, 1.807) is 0 Å². The average molecular weight is 523 g/mol. The molecule has 0 aliphatic rings. The van der Waals surface area contributed by atoms with Crippen molar-refractivity contribution in [2.45, 2.75) is 24.9 Å². The van der Waals surface area contributed by atoms with Crippen LogP contribution in [0.15, 0.2) is 64.3 Å². The molecule has 3 aromatic heterocycles. The number of pyridine rings is 1. The molecule has 7 nitrogen and oxygen atoms in total. The number of thioether (sulfide) groups is 1. The minimum absolute atomic E-state index is 0.0780. The number of hydrogen-bond acceptors (Lipinski definition) is 7. The zero-order valence-electron chi connectivity index (χ0n) is 20.0. The van der Waals surface area contributed by atoms with E-state index in [2.05, 4.69) is 46.1 Å². The summed E-state index contributed by atoms with van der Waals surface area (Å²) in [5.74, 6) is 0.345. The molecule has 5 rings (SSSR count). The smallest absolute Gasteiger partial charge is 0.225 e. The minimum Gasteiger partial charge on any atom is -0.383 e. The van der Waals surface area contributed by atoms with Crippen molar-refractivity contribution < 1.29 is 4.79 Å². The van der Waals surface area contributed by atoms with E-state index >= 15 is 0 Å². The number of amides is 1. The lowest BCUT2D eigenvalue weighted by atomic mass is 9.99. The number of nitrogens with one attached hydrogen (secondary N) is 1. The van der Waals surface area contributed by atoms with Crippen LogP contribution in [-0.4, -0.2) is 21.2 Å². The monoisotopic (exact) mass is 522 g/mol. The highest BCUT2D eigenvalue weighted by atomic mass is 32.2. The summed E-state index contributed by atoms with van der Waals surface area (Å²) < 4.78 is 2.26. The van der Waals surface area contributed by atoms with E-state index in [0.717, 1.165) is 34.1 Å². The summed E-state index contributed by atoms with van der Waals surface area (Å²) in [6.45, 7) is 2.98. The second kappa shape index (κ2) is 10.4.